The van der Waals surface area contributed by atoms with E-state index in [1.165, 1.54) is 0 Å². The molecule has 0 N–H and O–H groups in total. The lowest BCUT2D eigenvalue weighted by Crippen LogP contribution is -2.34. The highest BCUT2D eigenvalue weighted by Crippen LogP contribution is 2.40. The molecule has 2 heterocycles. The number of carbonyl (C=O) groups excluding carboxylic acids is 1. The van der Waals surface area contributed by atoms with Crippen molar-refractivity contribution in [3.63, 3.8) is 0 Å². The number of rotatable bonds is 2. The second kappa shape index (κ2) is 5.90. The first kappa shape index (κ1) is 15.7. The lowest BCUT2D eigenvalue weighted by molar-refractivity contribution is -0.114. The van der Waals surface area contributed by atoms with Gasteiger partial charge in [0.05, 0.1) is 5.69 Å². The Morgan fingerprint density at radius 2 is 1.88 bits per heavy atom. The fourth-order valence-corrected chi connectivity index (χ4v) is 3.25. The van der Waals surface area contributed by atoms with E-state index in [9.17, 15) is 4.79 Å². The van der Waals surface area contributed by atoms with E-state index >= 15 is 0 Å². The predicted octanol–water partition coefficient (Wildman–Crippen LogP) is 3.93. The Kier molecular flexibility index (Phi) is 3.70. The molecule has 2 aliphatic rings. The molecule has 2 aromatic rings. The Labute approximate surface area is 151 Å². The van der Waals surface area contributed by atoms with E-state index in [4.69, 9.17) is 11.6 Å². The standard InChI is InChI=1S/C20H16ClN3O/c1-23(2)12-17-20(25)24-18-9-8-14(21)10-16(18)15(11-19(24)22-17)13-6-4-3-5-7-13/h3-12H,1-2H3/b17-12+. The number of aliphatic imine (C=N–C) groups is 1. The number of fused-ring (bicyclic) bond motifs is 3. The summed E-state index contributed by atoms with van der Waals surface area (Å²) in [6, 6.07) is 15.6. The monoisotopic (exact) mass is 349 g/mol. The van der Waals surface area contributed by atoms with Crippen LogP contribution in [-0.2, 0) is 4.79 Å². The number of anilines is 1. The number of hydrogen-bond acceptors (Lipinski definition) is 3. The zero-order valence-corrected chi connectivity index (χ0v) is 14.7. The summed E-state index contributed by atoms with van der Waals surface area (Å²) in [6.45, 7) is 0. The molecule has 0 saturated carbocycles. The third-order valence-electron chi connectivity index (χ3n) is 4.11. The quantitative estimate of drug-likeness (QED) is 0.770. The molecule has 0 atom stereocenters. The van der Waals surface area contributed by atoms with Crippen molar-refractivity contribution in [2.45, 2.75) is 0 Å². The molecule has 0 saturated heterocycles. The maximum atomic E-state index is 12.8. The second-order valence-corrected chi connectivity index (χ2v) is 6.61. The zero-order valence-electron chi connectivity index (χ0n) is 13.9. The van der Waals surface area contributed by atoms with Crippen molar-refractivity contribution in [1.29, 1.82) is 0 Å². The summed E-state index contributed by atoms with van der Waals surface area (Å²) < 4.78 is 0. The van der Waals surface area contributed by atoms with Gasteiger partial charge in [0.25, 0.3) is 5.91 Å². The van der Waals surface area contributed by atoms with Crippen LogP contribution in [0.1, 0.15) is 11.1 Å². The molecule has 0 spiro atoms. The van der Waals surface area contributed by atoms with Crippen molar-refractivity contribution < 1.29 is 4.79 Å². The van der Waals surface area contributed by atoms with Gasteiger partial charge in [-0.25, -0.2) is 4.99 Å². The second-order valence-electron chi connectivity index (χ2n) is 6.17. The van der Waals surface area contributed by atoms with Crippen molar-refractivity contribution in [2.75, 3.05) is 19.0 Å². The van der Waals surface area contributed by atoms with Gasteiger partial charge in [0.2, 0.25) is 0 Å². The molecule has 25 heavy (non-hydrogen) atoms. The molecule has 1 amide bonds. The smallest absolute Gasteiger partial charge is 0.284 e. The largest absolute Gasteiger partial charge is 0.382 e. The van der Waals surface area contributed by atoms with Crippen LogP contribution in [0.2, 0.25) is 5.02 Å². The fourth-order valence-electron chi connectivity index (χ4n) is 3.08. The van der Waals surface area contributed by atoms with Gasteiger partial charge in [-0.05, 0) is 35.4 Å². The van der Waals surface area contributed by atoms with Gasteiger partial charge in [0, 0.05) is 30.9 Å². The summed E-state index contributed by atoms with van der Waals surface area (Å²) in [5.74, 6) is 0.502. The number of amides is 1. The third-order valence-corrected chi connectivity index (χ3v) is 4.35. The lowest BCUT2D eigenvalue weighted by Gasteiger charge is -2.26. The molecule has 0 fully saturated rings. The minimum atomic E-state index is -0.129. The Hall–Kier alpha value is -2.85. The minimum Gasteiger partial charge on any atom is -0.382 e. The van der Waals surface area contributed by atoms with Crippen LogP contribution in [0.3, 0.4) is 0 Å². The number of hydrogen-bond donors (Lipinski definition) is 0. The lowest BCUT2D eigenvalue weighted by atomic mass is 9.93. The maximum Gasteiger partial charge on any atom is 0.284 e. The van der Waals surface area contributed by atoms with Crippen LogP contribution in [0.15, 0.2) is 71.5 Å². The molecule has 124 valence electrons. The SMILES string of the molecule is CN(C)/C=C1/N=C2C=C(c3ccccc3)c3cc(Cl)ccc3N2C1=O. The number of nitrogens with zero attached hydrogens (tertiary/aromatic N) is 3. The van der Waals surface area contributed by atoms with Crippen molar-refractivity contribution in [1.82, 2.24) is 4.90 Å². The van der Waals surface area contributed by atoms with E-state index in [1.807, 2.05) is 67.5 Å². The normalized spacial score (nSPS) is 17.2. The van der Waals surface area contributed by atoms with Gasteiger partial charge in [-0.15, -0.1) is 0 Å². The molecule has 0 aliphatic carbocycles. The van der Waals surface area contributed by atoms with Gasteiger partial charge in [-0.3, -0.25) is 9.69 Å². The molecule has 0 unspecified atom stereocenters. The summed E-state index contributed by atoms with van der Waals surface area (Å²) in [5, 5.41) is 0.636. The van der Waals surface area contributed by atoms with Crippen LogP contribution in [-0.4, -0.2) is 30.7 Å². The van der Waals surface area contributed by atoms with E-state index < -0.39 is 0 Å². The van der Waals surface area contributed by atoms with Crippen LogP contribution >= 0.6 is 11.6 Å². The highest BCUT2D eigenvalue weighted by molar-refractivity contribution is 6.35. The minimum absolute atomic E-state index is 0.129. The summed E-state index contributed by atoms with van der Waals surface area (Å²) in [5.41, 5.74) is 4.22. The molecule has 0 aromatic heterocycles. The van der Waals surface area contributed by atoms with Gasteiger partial charge < -0.3 is 4.90 Å². The molecule has 4 nitrogen and oxygen atoms in total. The van der Waals surface area contributed by atoms with Gasteiger partial charge >= 0.3 is 0 Å². The van der Waals surface area contributed by atoms with Crippen LogP contribution in [0.25, 0.3) is 5.57 Å². The number of amidine groups is 1. The molecule has 0 radical (unpaired) electrons. The number of benzene rings is 2. The third kappa shape index (κ3) is 2.65. The van der Waals surface area contributed by atoms with E-state index in [2.05, 4.69) is 4.99 Å². The van der Waals surface area contributed by atoms with E-state index in [0.717, 1.165) is 22.4 Å². The molecule has 2 aliphatic heterocycles. The molecule has 0 bridgehead atoms. The highest BCUT2D eigenvalue weighted by Gasteiger charge is 2.35. The van der Waals surface area contributed by atoms with Crippen LogP contribution in [0, 0.1) is 0 Å². The topological polar surface area (TPSA) is 35.9 Å². The van der Waals surface area contributed by atoms with E-state index in [1.54, 1.807) is 17.2 Å². The summed E-state index contributed by atoms with van der Waals surface area (Å²) in [6.07, 6.45) is 3.68. The highest BCUT2D eigenvalue weighted by atomic mass is 35.5. The zero-order chi connectivity index (χ0) is 17.6. The van der Waals surface area contributed by atoms with Crippen molar-refractivity contribution in [2.24, 2.45) is 4.99 Å². The first-order valence-corrected chi connectivity index (χ1v) is 8.31. The Bertz CT molecular complexity index is 958. The van der Waals surface area contributed by atoms with Crippen LogP contribution in [0.4, 0.5) is 5.69 Å². The molecule has 4 rings (SSSR count). The molecular weight excluding hydrogens is 334 g/mol. The summed E-state index contributed by atoms with van der Waals surface area (Å²) >= 11 is 6.23. The molecule has 2 aromatic carbocycles. The number of halogens is 1. The van der Waals surface area contributed by atoms with Crippen molar-refractivity contribution >= 4 is 34.6 Å². The summed E-state index contributed by atoms with van der Waals surface area (Å²) in [4.78, 5) is 20.8. The fraction of sp³-hybridized carbons (Fsp3) is 0.100. The number of carbonyl (C=O) groups is 1. The Morgan fingerprint density at radius 1 is 1.12 bits per heavy atom. The average molecular weight is 350 g/mol. The average Bonchev–Trinajstić information content (AvgIpc) is 2.90. The van der Waals surface area contributed by atoms with Crippen LogP contribution < -0.4 is 4.90 Å². The van der Waals surface area contributed by atoms with Gasteiger partial charge in [-0.2, -0.15) is 0 Å². The van der Waals surface area contributed by atoms with Gasteiger partial charge in [-0.1, -0.05) is 41.9 Å². The van der Waals surface area contributed by atoms with Gasteiger partial charge in [0.15, 0.2) is 0 Å². The molecular formula is C20H16ClN3O. The maximum absolute atomic E-state index is 12.8. The van der Waals surface area contributed by atoms with Crippen molar-refractivity contribution in [3.8, 4) is 0 Å². The van der Waals surface area contributed by atoms with Crippen LogP contribution in [0.5, 0.6) is 0 Å². The summed E-state index contributed by atoms with van der Waals surface area (Å²) in [7, 11) is 3.74. The van der Waals surface area contributed by atoms with E-state index in [-0.39, 0.29) is 5.91 Å². The predicted molar refractivity (Wildman–Crippen MR) is 102 cm³/mol. The first-order valence-electron chi connectivity index (χ1n) is 7.93. The Balaban J connectivity index is 1.94. The molecule has 5 heteroatoms. The van der Waals surface area contributed by atoms with Crippen molar-refractivity contribution in [3.05, 3.63) is 82.7 Å². The van der Waals surface area contributed by atoms with Gasteiger partial charge in [0.1, 0.15) is 11.5 Å². The Morgan fingerprint density at radius 3 is 2.60 bits per heavy atom. The van der Waals surface area contributed by atoms with E-state index in [0.29, 0.717) is 16.6 Å². The first-order chi connectivity index (χ1) is 12.0.